The molecule has 3 heteroatoms. The van der Waals surface area contributed by atoms with Crippen LogP contribution in [-0.4, -0.2) is 27.1 Å². The first-order chi connectivity index (χ1) is 11.9. The van der Waals surface area contributed by atoms with Crippen molar-refractivity contribution in [2.45, 2.75) is 45.6 Å². The van der Waals surface area contributed by atoms with E-state index in [-0.39, 0.29) is 0 Å². The minimum absolute atomic E-state index is 0.417. The molecule has 0 aliphatic carbocycles. The zero-order valence-corrected chi connectivity index (χ0v) is 17.3. The van der Waals surface area contributed by atoms with Crippen LogP contribution in [0, 0.1) is 23.7 Å². The highest BCUT2D eigenvalue weighted by Crippen LogP contribution is 2.15. The predicted octanol–water partition coefficient (Wildman–Crippen LogP) is 3.33. The normalized spacial score (nSPS) is 13.7. The Morgan fingerprint density at radius 2 is 1.80 bits per heavy atom. The molecule has 0 aliphatic heterocycles. The largest absolute Gasteiger partial charge is 0.418 e. The fourth-order valence-corrected chi connectivity index (χ4v) is 3.90. The van der Waals surface area contributed by atoms with Crippen LogP contribution in [0.4, 0.5) is 0 Å². The Hall–Kier alpha value is -1.60. The van der Waals surface area contributed by atoms with Gasteiger partial charge in [-0.1, -0.05) is 50.0 Å². The molecule has 0 fully saturated rings. The lowest BCUT2D eigenvalue weighted by Crippen LogP contribution is -2.23. The van der Waals surface area contributed by atoms with Crippen molar-refractivity contribution in [3.05, 3.63) is 55.1 Å². The molecule has 1 unspecified atom stereocenters. The second-order valence-electron chi connectivity index (χ2n) is 7.25. The van der Waals surface area contributed by atoms with E-state index in [4.69, 9.17) is 4.43 Å². The van der Waals surface area contributed by atoms with Gasteiger partial charge in [-0.25, -0.2) is 0 Å². The Morgan fingerprint density at radius 1 is 1.20 bits per heavy atom. The monoisotopic (exact) mass is 356 g/mol. The van der Waals surface area contributed by atoms with Crippen LogP contribution < -0.4 is 5.19 Å². The molecule has 2 nitrogen and oxygen atoms in total. The molecule has 136 valence electrons. The fraction of sp³-hybridized carbons (Fsp3) is 0.455. The topological polar surface area (TPSA) is 29.5 Å². The van der Waals surface area contributed by atoms with E-state index in [1.165, 1.54) is 5.19 Å². The van der Waals surface area contributed by atoms with Crippen molar-refractivity contribution in [1.29, 1.82) is 0 Å². The highest BCUT2D eigenvalue weighted by atomic mass is 28.2. The summed E-state index contributed by atoms with van der Waals surface area (Å²) in [6.07, 6.45) is 6.49. The molecule has 0 radical (unpaired) electrons. The number of hydrogen-bond donors (Lipinski definition) is 1. The summed E-state index contributed by atoms with van der Waals surface area (Å²) in [6, 6.07) is 8.19. The van der Waals surface area contributed by atoms with Crippen molar-refractivity contribution in [3.8, 4) is 11.8 Å². The van der Waals surface area contributed by atoms with Crippen molar-refractivity contribution >= 4 is 14.9 Å². The first-order valence-electron chi connectivity index (χ1n) is 9.00. The number of hydrogen-bond acceptors (Lipinski definition) is 2. The molecule has 0 aromatic heterocycles. The Balaban J connectivity index is 2.54. The van der Waals surface area contributed by atoms with Crippen molar-refractivity contribution in [2.75, 3.05) is 6.61 Å². The van der Waals surface area contributed by atoms with Crippen molar-refractivity contribution in [3.63, 3.8) is 0 Å². The molecule has 25 heavy (non-hydrogen) atoms. The van der Waals surface area contributed by atoms with Crippen LogP contribution in [0.1, 0.15) is 45.6 Å². The minimum atomic E-state index is -0.935. The first kappa shape index (κ1) is 21.4. The van der Waals surface area contributed by atoms with Gasteiger partial charge in [0.25, 0.3) is 0 Å². The Kier molecular flexibility index (Phi) is 9.52. The van der Waals surface area contributed by atoms with Gasteiger partial charge in [-0.05, 0) is 55.3 Å². The smallest absolute Gasteiger partial charge is 0.192 e. The molecule has 1 aromatic rings. The maximum absolute atomic E-state index is 10.3. The Morgan fingerprint density at radius 3 is 2.32 bits per heavy atom. The van der Waals surface area contributed by atoms with E-state index < -0.39 is 15.4 Å². The van der Waals surface area contributed by atoms with E-state index in [2.05, 4.69) is 51.0 Å². The second-order valence-corrected chi connectivity index (χ2v) is 8.76. The lowest BCUT2D eigenvalue weighted by atomic mass is 9.95. The van der Waals surface area contributed by atoms with Gasteiger partial charge in [0.15, 0.2) is 9.76 Å². The van der Waals surface area contributed by atoms with Crippen LogP contribution in [0.25, 0.3) is 0 Å². The van der Waals surface area contributed by atoms with Crippen molar-refractivity contribution in [2.24, 2.45) is 11.8 Å². The van der Waals surface area contributed by atoms with Gasteiger partial charge in [-0.15, -0.1) is 13.2 Å². The number of rotatable bonds is 10. The molecule has 0 spiro atoms. The highest BCUT2D eigenvalue weighted by Gasteiger charge is 2.18. The third kappa shape index (κ3) is 9.45. The molecule has 0 amide bonds. The van der Waals surface area contributed by atoms with Crippen LogP contribution in [0.15, 0.2) is 49.6 Å². The predicted molar refractivity (Wildman–Crippen MR) is 111 cm³/mol. The molecule has 0 heterocycles. The van der Waals surface area contributed by atoms with Gasteiger partial charge in [-0.3, -0.25) is 0 Å². The van der Waals surface area contributed by atoms with Gasteiger partial charge in [0.1, 0.15) is 5.60 Å². The molecule has 1 aromatic carbocycles. The summed E-state index contributed by atoms with van der Waals surface area (Å²) in [5, 5.41) is 11.5. The lowest BCUT2D eigenvalue weighted by Gasteiger charge is -2.18. The third-order valence-electron chi connectivity index (χ3n) is 3.86. The van der Waals surface area contributed by atoms with E-state index in [9.17, 15) is 5.11 Å². The zero-order chi connectivity index (χ0) is 18.7. The lowest BCUT2D eigenvalue weighted by molar-refractivity contribution is 0.0976. The molecule has 0 saturated heterocycles. The SMILES string of the molecule is C=CCC(CC=C)CO[SiH2]c1ccc(C#CC(C)(O)CC(C)C)cc1. The Labute approximate surface area is 155 Å². The van der Waals surface area contributed by atoms with Gasteiger partial charge < -0.3 is 9.53 Å². The molecule has 0 saturated carbocycles. The average molecular weight is 357 g/mol. The molecule has 1 atom stereocenters. The van der Waals surface area contributed by atoms with Gasteiger partial charge in [-0.2, -0.15) is 0 Å². The number of allylic oxidation sites excluding steroid dienone is 2. The van der Waals surface area contributed by atoms with Crippen LogP contribution in [0.3, 0.4) is 0 Å². The summed E-state index contributed by atoms with van der Waals surface area (Å²) in [5.41, 5.74) is -0.00583. The minimum Gasteiger partial charge on any atom is -0.418 e. The van der Waals surface area contributed by atoms with Crippen LogP contribution in [-0.2, 0) is 4.43 Å². The summed E-state index contributed by atoms with van der Waals surface area (Å²) >= 11 is 0. The van der Waals surface area contributed by atoms with Crippen molar-refractivity contribution in [1.82, 2.24) is 0 Å². The molecular weight excluding hydrogens is 324 g/mol. The maximum Gasteiger partial charge on any atom is 0.192 e. The molecule has 1 N–H and O–H groups in total. The molecule has 0 aliphatic rings. The summed E-state index contributed by atoms with van der Waals surface area (Å²) in [7, 11) is -0.727. The molecule has 1 rings (SSSR count). The third-order valence-corrected chi connectivity index (χ3v) is 5.10. The van der Waals surface area contributed by atoms with E-state index in [0.717, 1.165) is 25.0 Å². The van der Waals surface area contributed by atoms with E-state index in [0.29, 0.717) is 18.3 Å². The quantitative estimate of drug-likeness (QED) is 0.396. The van der Waals surface area contributed by atoms with Gasteiger partial charge in [0.05, 0.1) is 0 Å². The van der Waals surface area contributed by atoms with Gasteiger partial charge in [0.2, 0.25) is 0 Å². The van der Waals surface area contributed by atoms with Gasteiger partial charge >= 0.3 is 0 Å². The van der Waals surface area contributed by atoms with E-state index in [1.807, 2.05) is 24.3 Å². The first-order valence-corrected chi connectivity index (χ1v) is 10.3. The van der Waals surface area contributed by atoms with Crippen LogP contribution in [0.5, 0.6) is 0 Å². The average Bonchev–Trinajstić information content (AvgIpc) is 2.53. The zero-order valence-electron chi connectivity index (χ0n) is 15.9. The van der Waals surface area contributed by atoms with E-state index >= 15 is 0 Å². The summed E-state index contributed by atoms with van der Waals surface area (Å²) < 4.78 is 5.95. The van der Waals surface area contributed by atoms with Crippen molar-refractivity contribution < 1.29 is 9.53 Å². The summed E-state index contributed by atoms with van der Waals surface area (Å²) in [4.78, 5) is 0. The number of benzene rings is 1. The standard InChI is InChI=1S/C22H32O2Si/c1-6-8-20(9-7-2)17-24-25-21-12-10-19(11-13-21)14-15-22(5,23)16-18(3)4/h6-7,10-13,18,20,23H,1-2,8-9,16-17,25H2,3-5H3. The summed E-state index contributed by atoms with van der Waals surface area (Å²) in [5.74, 6) is 6.96. The Bertz CT molecular complexity index is 581. The second kappa shape index (κ2) is 11.1. The highest BCUT2D eigenvalue weighted by molar-refractivity contribution is 6.46. The van der Waals surface area contributed by atoms with E-state index in [1.54, 1.807) is 6.92 Å². The fourth-order valence-electron chi connectivity index (χ4n) is 2.78. The number of aliphatic hydroxyl groups is 1. The maximum atomic E-state index is 10.3. The molecular formula is C22H32O2Si. The summed E-state index contributed by atoms with van der Waals surface area (Å²) in [6.45, 7) is 14.3. The van der Waals surface area contributed by atoms with Crippen LogP contribution in [0.2, 0.25) is 0 Å². The van der Waals surface area contributed by atoms with Gasteiger partial charge in [0, 0.05) is 12.2 Å². The van der Waals surface area contributed by atoms with Crippen LogP contribution >= 0.6 is 0 Å². The molecule has 0 bridgehead atoms.